The van der Waals surface area contributed by atoms with Gasteiger partial charge in [-0.15, -0.1) is 0 Å². The van der Waals surface area contributed by atoms with Crippen LogP contribution in [0, 0.1) is 5.92 Å². The number of hydrogen-bond donors (Lipinski definition) is 1. The zero-order valence-corrected chi connectivity index (χ0v) is 8.58. The molecule has 80 valence electrons. The first-order chi connectivity index (χ1) is 6.77. The lowest BCUT2D eigenvalue weighted by Gasteiger charge is -2.31. The van der Waals surface area contributed by atoms with Crippen molar-refractivity contribution in [3.63, 3.8) is 0 Å². The van der Waals surface area contributed by atoms with Crippen LogP contribution in [0.4, 0.5) is 0 Å². The zero-order valence-electron chi connectivity index (χ0n) is 8.58. The van der Waals surface area contributed by atoms with Crippen molar-refractivity contribution in [3.05, 3.63) is 0 Å². The van der Waals surface area contributed by atoms with Crippen LogP contribution in [-0.2, 0) is 9.53 Å². The number of ether oxygens (including phenoxy) is 1. The first kappa shape index (κ1) is 9.97. The number of hydrogen-bond acceptors (Lipinski definition) is 3. The highest BCUT2D eigenvalue weighted by Crippen LogP contribution is 2.28. The van der Waals surface area contributed by atoms with Gasteiger partial charge in [-0.2, -0.15) is 0 Å². The average molecular weight is 197 g/mol. The molecule has 0 aromatic carbocycles. The van der Waals surface area contributed by atoms with Crippen molar-refractivity contribution < 1.29 is 9.53 Å². The number of carbonyl (C=O) groups is 1. The molecule has 2 aliphatic carbocycles. The fraction of sp³-hybridized carbons (Fsp3) is 0.909. The van der Waals surface area contributed by atoms with Gasteiger partial charge >= 0.3 is 5.97 Å². The summed E-state index contributed by atoms with van der Waals surface area (Å²) in [6.07, 6.45) is 7.69. The van der Waals surface area contributed by atoms with E-state index in [9.17, 15) is 4.79 Å². The van der Waals surface area contributed by atoms with E-state index in [1.165, 1.54) is 6.42 Å². The highest BCUT2D eigenvalue weighted by Gasteiger charge is 2.32. The molecule has 2 atom stereocenters. The van der Waals surface area contributed by atoms with Crippen molar-refractivity contribution in [3.8, 4) is 0 Å². The van der Waals surface area contributed by atoms with E-state index in [1.54, 1.807) is 0 Å². The van der Waals surface area contributed by atoms with Gasteiger partial charge < -0.3 is 10.5 Å². The molecule has 2 fully saturated rings. The predicted molar refractivity (Wildman–Crippen MR) is 53.7 cm³/mol. The minimum Gasteiger partial charge on any atom is -0.462 e. The normalized spacial score (nSPS) is 33.5. The van der Waals surface area contributed by atoms with Crippen LogP contribution >= 0.6 is 0 Å². The Hall–Kier alpha value is -0.570. The zero-order chi connectivity index (χ0) is 9.97. The molecule has 0 heterocycles. The van der Waals surface area contributed by atoms with Crippen molar-refractivity contribution in [2.45, 2.75) is 57.1 Å². The van der Waals surface area contributed by atoms with E-state index >= 15 is 0 Å². The Kier molecular flexibility index (Phi) is 3.06. The van der Waals surface area contributed by atoms with Gasteiger partial charge in [-0.3, -0.25) is 4.79 Å². The summed E-state index contributed by atoms with van der Waals surface area (Å²) in [7, 11) is 0. The van der Waals surface area contributed by atoms with Gasteiger partial charge in [-0.25, -0.2) is 0 Å². The number of nitrogens with two attached hydrogens (primary N) is 1. The third kappa shape index (κ3) is 2.08. The molecule has 2 rings (SSSR count). The van der Waals surface area contributed by atoms with Crippen molar-refractivity contribution in [1.29, 1.82) is 0 Å². The van der Waals surface area contributed by atoms with Gasteiger partial charge in [0.15, 0.2) is 0 Å². The van der Waals surface area contributed by atoms with Crippen molar-refractivity contribution >= 4 is 5.97 Å². The van der Waals surface area contributed by atoms with Crippen LogP contribution in [-0.4, -0.2) is 18.1 Å². The first-order valence-electron chi connectivity index (χ1n) is 5.73. The SMILES string of the molecule is NC1CCCCC1C(=O)OC1CCC1. The molecule has 2 saturated carbocycles. The lowest BCUT2D eigenvalue weighted by Crippen LogP contribution is -2.41. The monoisotopic (exact) mass is 197 g/mol. The van der Waals surface area contributed by atoms with E-state index in [-0.39, 0.29) is 24.0 Å². The molecule has 0 radical (unpaired) electrons. The first-order valence-corrected chi connectivity index (χ1v) is 5.73. The third-order valence-electron chi connectivity index (χ3n) is 3.46. The van der Waals surface area contributed by atoms with Gasteiger partial charge in [0.2, 0.25) is 0 Å². The summed E-state index contributed by atoms with van der Waals surface area (Å²) < 4.78 is 5.38. The van der Waals surface area contributed by atoms with Crippen LogP contribution in [0.5, 0.6) is 0 Å². The largest absolute Gasteiger partial charge is 0.462 e. The van der Waals surface area contributed by atoms with Crippen molar-refractivity contribution in [2.24, 2.45) is 11.7 Å². The molecule has 0 amide bonds. The Balaban J connectivity index is 1.82. The van der Waals surface area contributed by atoms with E-state index in [4.69, 9.17) is 10.5 Å². The fourth-order valence-electron chi connectivity index (χ4n) is 2.19. The predicted octanol–water partition coefficient (Wildman–Crippen LogP) is 1.60. The van der Waals surface area contributed by atoms with E-state index in [0.29, 0.717) is 0 Å². The third-order valence-corrected chi connectivity index (χ3v) is 3.46. The van der Waals surface area contributed by atoms with E-state index in [0.717, 1.165) is 38.5 Å². The minimum atomic E-state index is -0.0399. The summed E-state index contributed by atoms with van der Waals surface area (Å²) in [5, 5.41) is 0. The Morgan fingerprint density at radius 1 is 1.07 bits per heavy atom. The quantitative estimate of drug-likeness (QED) is 0.684. The smallest absolute Gasteiger partial charge is 0.310 e. The summed E-state index contributed by atoms with van der Waals surface area (Å²) in [4.78, 5) is 11.7. The molecule has 2 unspecified atom stereocenters. The van der Waals surface area contributed by atoms with Gasteiger partial charge in [0.05, 0.1) is 5.92 Å². The maximum Gasteiger partial charge on any atom is 0.310 e. The summed E-state index contributed by atoms with van der Waals surface area (Å²) in [5.41, 5.74) is 5.91. The van der Waals surface area contributed by atoms with Crippen LogP contribution in [0.3, 0.4) is 0 Å². The van der Waals surface area contributed by atoms with Crippen molar-refractivity contribution in [1.82, 2.24) is 0 Å². The van der Waals surface area contributed by atoms with E-state index in [1.807, 2.05) is 0 Å². The molecule has 2 N–H and O–H groups in total. The second-order valence-electron chi connectivity index (χ2n) is 4.54. The molecule has 2 aliphatic rings. The molecule has 14 heavy (non-hydrogen) atoms. The number of rotatable bonds is 2. The Labute approximate surface area is 85.0 Å². The Morgan fingerprint density at radius 3 is 2.36 bits per heavy atom. The summed E-state index contributed by atoms with van der Waals surface area (Å²) in [5.74, 6) is -0.0637. The lowest BCUT2D eigenvalue weighted by molar-refractivity contribution is -0.159. The average Bonchev–Trinajstić information content (AvgIpc) is 2.12. The molecule has 0 saturated heterocycles. The molecule has 0 aliphatic heterocycles. The second-order valence-corrected chi connectivity index (χ2v) is 4.54. The standard InChI is InChI=1S/C11H19NO2/c12-10-7-2-1-6-9(10)11(13)14-8-4-3-5-8/h8-10H,1-7,12H2. The van der Waals surface area contributed by atoms with Crippen LogP contribution in [0.15, 0.2) is 0 Å². The van der Waals surface area contributed by atoms with Crippen molar-refractivity contribution in [2.75, 3.05) is 0 Å². The van der Waals surface area contributed by atoms with Gasteiger partial charge in [0.1, 0.15) is 6.10 Å². The van der Waals surface area contributed by atoms with Crippen LogP contribution in [0.1, 0.15) is 44.9 Å². The lowest BCUT2D eigenvalue weighted by atomic mass is 9.85. The summed E-state index contributed by atoms with van der Waals surface area (Å²) >= 11 is 0. The van der Waals surface area contributed by atoms with Crippen LogP contribution < -0.4 is 5.73 Å². The van der Waals surface area contributed by atoms with Gasteiger partial charge in [0.25, 0.3) is 0 Å². The highest BCUT2D eigenvalue weighted by atomic mass is 16.5. The highest BCUT2D eigenvalue weighted by molar-refractivity contribution is 5.73. The molecule has 3 nitrogen and oxygen atoms in total. The minimum absolute atomic E-state index is 0.0237. The molecule has 3 heteroatoms. The fourth-order valence-corrected chi connectivity index (χ4v) is 2.19. The maximum absolute atomic E-state index is 11.7. The van der Waals surface area contributed by atoms with Gasteiger partial charge in [0, 0.05) is 6.04 Å². The molecule has 0 aromatic rings. The Bertz CT molecular complexity index is 213. The molecular formula is C11H19NO2. The molecular weight excluding hydrogens is 178 g/mol. The molecule has 0 bridgehead atoms. The summed E-state index contributed by atoms with van der Waals surface area (Å²) in [6, 6.07) is 0.0383. The molecule has 0 aromatic heterocycles. The molecule has 0 spiro atoms. The van der Waals surface area contributed by atoms with Crippen LogP contribution in [0.2, 0.25) is 0 Å². The number of esters is 1. The summed E-state index contributed by atoms with van der Waals surface area (Å²) in [6.45, 7) is 0. The van der Waals surface area contributed by atoms with Gasteiger partial charge in [-0.1, -0.05) is 12.8 Å². The van der Waals surface area contributed by atoms with E-state index in [2.05, 4.69) is 0 Å². The van der Waals surface area contributed by atoms with Gasteiger partial charge in [-0.05, 0) is 32.1 Å². The second kappa shape index (κ2) is 4.30. The van der Waals surface area contributed by atoms with E-state index < -0.39 is 0 Å². The Morgan fingerprint density at radius 2 is 1.79 bits per heavy atom. The number of carbonyl (C=O) groups excluding carboxylic acids is 1. The van der Waals surface area contributed by atoms with Crippen LogP contribution in [0.25, 0.3) is 0 Å². The maximum atomic E-state index is 11.7. The topological polar surface area (TPSA) is 52.3 Å².